The van der Waals surface area contributed by atoms with Crippen LogP contribution in [0.25, 0.3) is 21.8 Å². The molecule has 5 rings (SSSR count). The van der Waals surface area contributed by atoms with Gasteiger partial charge in [-0.2, -0.15) is 0 Å². The summed E-state index contributed by atoms with van der Waals surface area (Å²) < 4.78 is 0. The number of hydrogen-bond donors (Lipinski definition) is 1. The molecule has 0 spiro atoms. The zero-order valence-electron chi connectivity index (χ0n) is 15.2. The molecule has 6 heteroatoms. The van der Waals surface area contributed by atoms with E-state index in [-0.39, 0.29) is 5.56 Å². The Bertz CT molecular complexity index is 1150. The number of hydrogen-bond acceptors (Lipinski definition) is 5. The van der Waals surface area contributed by atoms with Gasteiger partial charge in [-0.15, -0.1) is 22.7 Å². The third kappa shape index (κ3) is 3.46. The molecule has 1 N–H and O–H groups in total. The smallest absolute Gasteiger partial charge is 0.254 e. The maximum atomic E-state index is 12.5. The van der Waals surface area contributed by atoms with Crippen molar-refractivity contribution in [2.75, 3.05) is 6.54 Å². The lowest BCUT2D eigenvalue weighted by Crippen LogP contribution is -2.34. The first kappa shape index (κ1) is 17.6. The van der Waals surface area contributed by atoms with Gasteiger partial charge in [-0.3, -0.25) is 9.69 Å². The number of aromatic amines is 1. The minimum Gasteiger partial charge on any atom is -0.306 e. The molecule has 1 aliphatic rings. The van der Waals surface area contributed by atoms with Gasteiger partial charge < -0.3 is 4.98 Å². The van der Waals surface area contributed by atoms with Gasteiger partial charge in [0.1, 0.15) is 0 Å². The second kappa shape index (κ2) is 7.47. The van der Waals surface area contributed by atoms with Gasteiger partial charge in [0.2, 0.25) is 0 Å². The molecule has 0 saturated carbocycles. The summed E-state index contributed by atoms with van der Waals surface area (Å²) >= 11 is 3.39. The molecule has 140 valence electrons. The van der Waals surface area contributed by atoms with Gasteiger partial charge in [0, 0.05) is 30.1 Å². The number of benzene rings is 1. The zero-order valence-corrected chi connectivity index (χ0v) is 16.9. The summed E-state index contributed by atoms with van der Waals surface area (Å²) in [5.74, 6) is 0.683. The van der Waals surface area contributed by atoms with E-state index in [0.29, 0.717) is 5.82 Å². The van der Waals surface area contributed by atoms with E-state index in [1.165, 1.54) is 16.0 Å². The molecular weight excluding hydrogens is 386 g/mol. The fraction of sp³-hybridized carbons (Fsp3) is 0.182. The highest BCUT2D eigenvalue weighted by Crippen LogP contribution is 2.28. The molecule has 0 radical (unpaired) electrons. The normalized spacial score (nSPS) is 14.1. The Morgan fingerprint density at radius 2 is 1.96 bits per heavy atom. The molecule has 4 heterocycles. The standard InChI is InChI=1S/C22H19N3OS2/c26-22-18-8-9-25(13-19(18)23-21(24-22)20-7-4-10-27-20)12-17-11-16(14-28-17)15-5-2-1-3-6-15/h1-7,10-11,14H,8-9,12-13H2,(H,23,24,26). The third-order valence-electron chi connectivity index (χ3n) is 5.05. The van der Waals surface area contributed by atoms with Crippen molar-refractivity contribution in [1.29, 1.82) is 0 Å². The largest absolute Gasteiger partial charge is 0.306 e. The molecule has 0 amide bonds. The minimum atomic E-state index is 0.00976. The maximum Gasteiger partial charge on any atom is 0.254 e. The highest BCUT2D eigenvalue weighted by Gasteiger charge is 2.22. The molecule has 1 aromatic carbocycles. The predicted molar refractivity (Wildman–Crippen MR) is 116 cm³/mol. The molecule has 28 heavy (non-hydrogen) atoms. The first-order chi connectivity index (χ1) is 13.8. The number of aromatic nitrogens is 2. The fourth-order valence-corrected chi connectivity index (χ4v) is 5.23. The molecular formula is C22H19N3OS2. The first-order valence-corrected chi connectivity index (χ1v) is 11.0. The molecule has 4 aromatic rings. The van der Waals surface area contributed by atoms with Crippen molar-refractivity contribution in [3.05, 3.63) is 85.8 Å². The van der Waals surface area contributed by atoms with Crippen LogP contribution >= 0.6 is 22.7 Å². The minimum absolute atomic E-state index is 0.00976. The maximum absolute atomic E-state index is 12.5. The van der Waals surface area contributed by atoms with E-state index >= 15 is 0 Å². The summed E-state index contributed by atoms with van der Waals surface area (Å²) in [7, 11) is 0. The van der Waals surface area contributed by atoms with Crippen molar-refractivity contribution in [3.8, 4) is 21.8 Å². The monoisotopic (exact) mass is 405 g/mol. The van der Waals surface area contributed by atoms with Crippen LogP contribution < -0.4 is 5.56 Å². The molecule has 1 aliphatic heterocycles. The van der Waals surface area contributed by atoms with Crippen LogP contribution in [0.2, 0.25) is 0 Å². The summed E-state index contributed by atoms with van der Waals surface area (Å²) in [5, 5.41) is 4.22. The Morgan fingerprint density at radius 3 is 2.79 bits per heavy atom. The summed E-state index contributed by atoms with van der Waals surface area (Å²) in [6, 6.07) is 16.7. The lowest BCUT2D eigenvalue weighted by molar-refractivity contribution is 0.243. The average Bonchev–Trinajstić information content (AvgIpc) is 3.41. The van der Waals surface area contributed by atoms with Crippen LogP contribution in [0.3, 0.4) is 0 Å². The van der Waals surface area contributed by atoms with E-state index in [4.69, 9.17) is 4.98 Å². The van der Waals surface area contributed by atoms with E-state index < -0.39 is 0 Å². The van der Waals surface area contributed by atoms with Gasteiger partial charge in [-0.25, -0.2) is 4.98 Å². The molecule has 0 bridgehead atoms. The third-order valence-corrected chi connectivity index (χ3v) is 6.85. The van der Waals surface area contributed by atoms with Crippen LogP contribution in [-0.4, -0.2) is 21.4 Å². The van der Waals surface area contributed by atoms with Gasteiger partial charge in [0.05, 0.1) is 10.6 Å². The van der Waals surface area contributed by atoms with Gasteiger partial charge in [0.25, 0.3) is 5.56 Å². The van der Waals surface area contributed by atoms with Gasteiger partial charge in [-0.1, -0.05) is 36.4 Å². The van der Waals surface area contributed by atoms with Crippen molar-refractivity contribution in [2.24, 2.45) is 0 Å². The fourth-order valence-electron chi connectivity index (χ4n) is 3.62. The Hall–Kier alpha value is -2.54. The van der Waals surface area contributed by atoms with Crippen LogP contribution in [0.1, 0.15) is 16.1 Å². The van der Waals surface area contributed by atoms with Crippen LogP contribution in [-0.2, 0) is 19.5 Å². The van der Waals surface area contributed by atoms with Crippen molar-refractivity contribution < 1.29 is 0 Å². The molecule has 0 fully saturated rings. The highest BCUT2D eigenvalue weighted by molar-refractivity contribution is 7.13. The summed E-state index contributed by atoms with van der Waals surface area (Å²) in [6.45, 7) is 2.49. The van der Waals surface area contributed by atoms with Crippen molar-refractivity contribution >= 4 is 22.7 Å². The molecule has 4 nitrogen and oxygen atoms in total. The van der Waals surface area contributed by atoms with E-state index in [0.717, 1.165) is 42.2 Å². The average molecular weight is 406 g/mol. The van der Waals surface area contributed by atoms with Crippen molar-refractivity contribution in [1.82, 2.24) is 14.9 Å². The molecule has 3 aromatic heterocycles. The van der Waals surface area contributed by atoms with Crippen molar-refractivity contribution in [3.63, 3.8) is 0 Å². The summed E-state index contributed by atoms with van der Waals surface area (Å²) in [4.78, 5) is 25.0. The lowest BCUT2D eigenvalue weighted by atomic mass is 10.1. The van der Waals surface area contributed by atoms with E-state index in [2.05, 4.69) is 45.6 Å². The van der Waals surface area contributed by atoms with Crippen LogP contribution in [0.5, 0.6) is 0 Å². The van der Waals surface area contributed by atoms with Crippen LogP contribution in [0.4, 0.5) is 0 Å². The van der Waals surface area contributed by atoms with E-state index in [1.54, 1.807) is 22.7 Å². The Labute approximate surface area is 171 Å². The quantitative estimate of drug-likeness (QED) is 0.531. The molecule has 0 atom stereocenters. The lowest BCUT2D eigenvalue weighted by Gasteiger charge is -2.27. The van der Waals surface area contributed by atoms with Gasteiger partial charge in [-0.05, 0) is 40.4 Å². The number of rotatable bonds is 4. The second-order valence-electron chi connectivity index (χ2n) is 6.95. The number of H-pyrrole nitrogens is 1. The Balaban J connectivity index is 1.36. The number of nitrogens with one attached hydrogen (secondary N) is 1. The predicted octanol–water partition coefficient (Wildman–Crippen LogP) is 4.79. The SMILES string of the molecule is O=c1[nH]c(-c2cccs2)nc2c1CCN(Cc1cc(-c3ccccc3)cs1)C2. The molecule has 0 saturated heterocycles. The Kier molecular flexibility index (Phi) is 4.68. The number of fused-ring (bicyclic) bond motifs is 1. The van der Waals surface area contributed by atoms with Crippen molar-refractivity contribution in [2.45, 2.75) is 19.5 Å². The van der Waals surface area contributed by atoms with Crippen LogP contribution in [0, 0.1) is 0 Å². The topological polar surface area (TPSA) is 49.0 Å². The van der Waals surface area contributed by atoms with Gasteiger partial charge >= 0.3 is 0 Å². The Morgan fingerprint density at radius 1 is 1.07 bits per heavy atom. The van der Waals surface area contributed by atoms with E-state index in [1.807, 2.05) is 23.6 Å². The first-order valence-electron chi connectivity index (χ1n) is 9.27. The second-order valence-corrected chi connectivity index (χ2v) is 8.89. The number of thiophene rings is 2. The molecule has 0 unspecified atom stereocenters. The summed E-state index contributed by atoms with van der Waals surface area (Å²) in [6.07, 6.45) is 0.749. The zero-order chi connectivity index (χ0) is 18.9. The summed E-state index contributed by atoms with van der Waals surface area (Å²) in [5.41, 5.74) is 4.29. The van der Waals surface area contributed by atoms with E-state index in [9.17, 15) is 4.79 Å². The number of nitrogens with zero attached hydrogens (tertiary/aromatic N) is 2. The highest BCUT2D eigenvalue weighted by atomic mass is 32.1. The van der Waals surface area contributed by atoms with Crippen LogP contribution in [0.15, 0.2) is 64.1 Å². The molecule has 0 aliphatic carbocycles. The van der Waals surface area contributed by atoms with Gasteiger partial charge in [0.15, 0.2) is 5.82 Å².